The summed E-state index contributed by atoms with van der Waals surface area (Å²) < 4.78 is 12.0. The number of nitrogens with zero attached hydrogens (tertiary/aromatic N) is 3. The number of methoxy groups -OCH3 is 2. The summed E-state index contributed by atoms with van der Waals surface area (Å²) in [6, 6.07) is 14.9. The standard InChI is InChI=1S/C22H20N4O4S/c1-29-15-9-7-14(8-10-15)26-12-11-23-22(26)31-13-18(27)19(21(28)30-2)20-24-16-5-3-4-6-17(16)25-20/h3-12,27H,13H2,1-2H3,(H,24,25)/b19-18+. The molecule has 0 unspecified atom stereocenters. The second-order valence-electron chi connectivity index (χ2n) is 6.48. The van der Waals surface area contributed by atoms with Crippen molar-refractivity contribution in [3.8, 4) is 11.4 Å². The van der Waals surface area contributed by atoms with Gasteiger partial charge in [0.2, 0.25) is 0 Å². The predicted octanol–water partition coefficient (Wildman–Crippen LogP) is 3.99. The van der Waals surface area contributed by atoms with E-state index < -0.39 is 5.97 Å². The van der Waals surface area contributed by atoms with Gasteiger partial charge in [-0.05, 0) is 36.4 Å². The van der Waals surface area contributed by atoms with E-state index in [4.69, 9.17) is 9.47 Å². The van der Waals surface area contributed by atoms with Gasteiger partial charge < -0.3 is 19.6 Å². The molecule has 0 amide bonds. The quantitative estimate of drug-likeness (QED) is 0.195. The maximum Gasteiger partial charge on any atom is 0.345 e. The Morgan fingerprint density at radius 2 is 1.94 bits per heavy atom. The molecule has 0 atom stereocenters. The zero-order chi connectivity index (χ0) is 21.8. The summed E-state index contributed by atoms with van der Waals surface area (Å²) >= 11 is 1.29. The highest BCUT2D eigenvalue weighted by molar-refractivity contribution is 7.99. The molecule has 0 aliphatic rings. The van der Waals surface area contributed by atoms with Crippen LogP contribution < -0.4 is 4.74 Å². The lowest BCUT2D eigenvalue weighted by molar-refractivity contribution is -0.133. The Bertz CT molecular complexity index is 1210. The van der Waals surface area contributed by atoms with Crippen LogP contribution in [0.15, 0.2) is 71.8 Å². The topological polar surface area (TPSA) is 102 Å². The predicted molar refractivity (Wildman–Crippen MR) is 118 cm³/mol. The number of H-pyrrole nitrogens is 1. The number of fused-ring (bicyclic) bond motifs is 1. The first kappa shape index (κ1) is 20.5. The van der Waals surface area contributed by atoms with Crippen molar-refractivity contribution in [2.24, 2.45) is 0 Å². The summed E-state index contributed by atoms with van der Waals surface area (Å²) in [5.74, 6) is 0.293. The fraction of sp³-hybridized carbons (Fsp3) is 0.136. The van der Waals surface area contributed by atoms with Crippen LogP contribution >= 0.6 is 11.8 Å². The minimum absolute atomic E-state index is 0.00578. The van der Waals surface area contributed by atoms with Gasteiger partial charge >= 0.3 is 5.97 Å². The number of ether oxygens (including phenoxy) is 2. The maximum absolute atomic E-state index is 12.4. The smallest absolute Gasteiger partial charge is 0.345 e. The lowest BCUT2D eigenvalue weighted by atomic mass is 10.2. The van der Waals surface area contributed by atoms with Crippen LogP contribution in [-0.4, -0.2) is 50.6 Å². The van der Waals surface area contributed by atoms with Gasteiger partial charge in [0.05, 0.1) is 31.0 Å². The molecule has 0 aliphatic heterocycles. The number of carbonyl (C=O) groups is 1. The van der Waals surface area contributed by atoms with Crippen molar-refractivity contribution in [2.75, 3.05) is 20.0 Å². The number of para-hydroxylation sites is 2. The van der Waals surface area contributed by atoms with E-state index in [0.29, 0.717) is 10.7 Å². The van der Waals surface area contributed by atoms with Gasteiger partial charge in [0.15, 0.2) is 5.16 Å². The van der Waals surface area contributed by atoms with E-state index in [9.17, 15) is 9.90 Å². The number of nitrogens with one attached hydrogen (secondary N) is 1. The molecule has 0 radical (unpaired) electrons. The number of aliphatic hydroxyl groups is 1. The van der Waals surface area contributed by atoms with Gasteiger partial charge in [-0.3, -0.25) is 4.57 Å². The van der Waals surface area contributed by atoms with Crippen LogP contribution in [0.3, 0.4) is 0 Å². The van der Waals surface area contributed by atoms with Crippen molar-refractivity contribution in [1.29, 1.82) is 0 Å². The molecule has 2 heterocycles. The molecule has 2 N–H and O–H groups in total. The molecule has 9 heteroatoms. The first-order chi connectivity index (χ1) is 15.1. The number of aliphatic hydroxyl groups excluding tert-OH is 1. The number of hydrogen-bond donors (Lipinski definition) is 2. The summed E-state index contributed by atoms with van der Waals surface area (Å²) in [4.78, 5) is 24.2. The number of benzene rings is 2. The Balaban J connectivity index is 1.61. The van der Waals surface area contributed by atoms with Crippen molar-refractivity contribution in [1.82, 2.24) is 19.5 Å². The number of carbonyl (C=O) groups excluding carboxylic acids is 1. The lowest BCUT2D eigenvalue weighted by Crippen LogP contribution is -2.10. The molecule has 2 aromatic heterocycles. The number of aromatic amines is 1. The third-order valence-corrected chi connectivity index (χ3v) is 5.58. The fourth-order valence-electron chi connectivity index (χ4n) is 3.07. The Morgan fingerprint density at radius 3 is 2.65 bits per heavy atom. The first-order valence-electron chi connectivity index (χ1n) is 9.37. The van der Waals surface area contributed by atoms with Gasteiger partial charge in [0.1, 0.15) is 22.9 Å². The molecule has 0 aliphatic carbocycles. The number of imidazole rings is 2. The van der Waals surface area contributed by atoms with Crippen molar-refractivity contribution in [3.63, 3.8) is 0 Å². The number of thioether (sulfide) groups is 1. The monoisotopic (exact) mass is 436 g/mol. The molecule has 0 saturated heterocycles. The van der Waals surface area contributed by atoms with E-state index in [1.54, 1.807) is 13.3 Å². The molecule has 0 spiro atoms. The van der Waals surface area contributed by atoms with Crippen LogP contribution in [0.1, 0.15) is 5.82 Å². The van der Waals surface area contributed by atoms with Crippen LogP contribution in [0.25, 0.3) is 22.3 Å². The van der Waals surface area contributed by atoms with Crippen molar-refractivity contribution < 1.29 is 19.4 Å². The zero-order valence-corrected chi connectivity index (χ0v) is 17.7. The van der Waals surface area contributed by atoms with Crippen LogP contribution in [0, 0.1) is 0 Å². The second-order valence-corrected chi connectivity index (χ2v) is 7.42. The summed E-state index contributed by atoms with van der Waals surface area (Å²) in [7, 11) is 2.88. The Hall–Kier alpha value is -3.72. The van der Waals surface area contributed by atoms with E-state index in [1.807, 2.05) is 59.3 Å². The Morgan fingerprint density at radius 1 is 1.16 bits per heavy atom. The molecule has 2 aromatic carbocycles. The minimum atomic E-state index is -0.671. The third kappa shape index (κ3) is 4.26. The van der Waals surface area contributed by atoms with Gasteiger partial charge in [0.25, 0.3) is 0 Å². The molecule has 0 fully saturated rings. The van der Waals surface area contributed by atoms with Crippen molar-refractivity contribution in [3.05, 3.63) is 72.5 Å². The average molecular weight is 436 g/mol. The first-order valence-corrected chi connectivity index (χ1v) is 10.4. The SMILES string of the molecule is COC(=O)/C(=C(/O)CSc1nccn1-c1ccc(OC)cc1)c1nc2ccccc2[nH]1. The minimum Gasteiger partial charge on any atom is -0.510 e. The Labute approximate surface area is 182 Å². The van der Waals surface area contributed by atoms with Gasteiger partial charge in [-0.1, -0.05) is 23.9 Å². The largest absolute Gasteiger partial charge is 0.510 e. The van der Waals surface area contributed by atoms with Gasteiger partial charge in [-0.15, -0.1) is 0 Å². The number of aromatic nitrogens is 4. The summed E-state index contributed by atoms with van der Waals surface area (Å²) in [6.45, 7) is 0. The molecular weight excluding hydrogens is 416 g/mol. The number of esters is 1. The molecule has 8 nitrogen and oxygen atoms in total. The van der Waals surface area contributed by atoms with E-state index in [-0.39, 0.29) is 22.9 Å². The third-order valence-electron chi connectivity index (χ3n) is 4.60. The molecule has 0 bridgehead atoms. The van der Waals surface area contributed by atoms with E-state index in [1.165, 1.54) is 18.9 Å². The van der Waals surface area contributed by atoms with Crippen LogP contribution in [-0.2, 0) is 9.53 Å². The van der Waals surface area contributed by atoms with E-state index in [2.05, 4.69) is 15.0 Å². The number of rotatable bonds is 7. The maximum atomic E-state index is 12.4. The molecular formula is C22H20N4O4S. The van der Waals surface area contributed by atoms with Crippen LogP contribution in [0.4, 0.5) is 0 Å². The van der Waals surface area contributed by atoms with Crippen molar-refractivity contribution >= 4 is 34.3 Å². The molecule has 31 heavy (non-hydrogen) atoms. The summed E-state index contributed by atoms with van der Waals surface area (Å²) in [6.07, 6.45) is 3.50. The highest BCUT2D eigenvalue weighted by Crippen LogP contribution is 2.27. The highest BCUT2D eigenvalue weighted by Gasteiger charge is 2.22. The van der Waals surface area contributed by atoms with Crippen LogP contribution in [0.5, 0.6) is 5.75 Å². The molecule has 4 aromatic rings. The Kier molecular flexibility index (Phi) is 5.94. The fourth-order valence-corrected chi connectivity index (χ4v) is 3.92. The molecule has 0 saturated carbocycles. The summed E-state index contributed by atoms with van der Waals surface area (Å²) in [5, 5.41) is 11.4. The van der Waals surface area contributed by atoms with Gasteiger partial charge in [-0.2, -0.15) is 0 Å². The lowest BCUT2D eigenvalue weighted by Gasteiger charge is -2.10. The molecule has 158 valence electrons. The summed E-state index contributed by atoms with van der Waals surface area (Å²) in [5.41, 5.74) is 2.34. The zero-order valence-electron chi connectivity index (χ0n) is 16.9. The van der Waals surface area contributed by atoms with Gasteiger partial charge in [0, 0.05) is 18.1 Å². The van der Waals surface area contributed by atoms with E-state index >= 15 is 0 Å². The normalized spacial score (nSPS) is 11.9. The van der Waals surface area contributed by atoms with Crippen molar-refractivity contribution in [2.45, 2.75) is 5.16 Å². The average Bonchev–Trinajstić information content (AvgIpc) is 3.44. The highest BCUT2D eigenvalue weighted by atomic mass is 32.2. The number of hydrogen-bond acceptors (Lipinski definition) is 7. The second kappa shape index (κ2) is 8.97. The van der Waals surface area contributed by atoms with Crippen LogP contribution in [0.2, 0.25) is 0 Å². The van der Waals surface area contributed by atoms with Gasteiger partial charge in [-0.25, -0.2) is 14.8 Å². The molecule has 4 rings (SSSR count). The van der Waals surface area contributed by atoms with E-state index in [0.717, 1.165) is 17.0 Å².